The molecule has 12 nitrogen and oxygen atoms in total. The van der Waals surface area contributed by atoms with Gasteiger partial charge in [0.25, 0.3) is 0 Å². The Balaban J connectivity index is 1.71. The van der Waals surface area contributed by atoms with Gasteiger partial charge in [0.1, 0.15) is 25.8 Å². The Kier molecular flexibility index (Phi) is 16.7. The average molecular weight is 839 g/mol. The third-order valence-electron chi connectivity index (χ3n) is 9.23. The Morgan fingerprint density at radius 1 is 0.877 bits per heavy atom. The summed E-state index contributed by atoms with van der Waals surface area (Å²) in [6.07, 6.45) is 2.00. The van der Waals surface area contributed by atoms with Crippen LogP contribution in [0.1, 0.15) is 24.6 Å². The second kappa shape index (κ2) is 20.7. The number of aryl methyl sites for hydroxylation is 1. The van der Waals surface area contributed by atoms with Crippen molar-refractivity contribution >= 4 is 41.2 Å². The number of ether oxygens (including phenoxy) is 5. The van der Waals surface area contributed by atoms with Crippen LogP contribution in [-0.2, 0) is 45.4 Å². The lowest BCUT2D eigenvalue weighted by atomic mass is 9.96. The molecule has 0 fully saturated rings. The highest BCUT2D eigenvalue weighted by Gasteiger charge is 2.22. The van der Waals surface area contributed by atoms with Crippen molar-refractivity contribution in [3.63, 3.8) is 0 Å². The van der Waals surface area contributed by atoms with Crippen molar-refractivity contribution in [1.29, 1.82) is 5.26 Å². The van der Waals surface area contributed by atoms with Crippen molar-refractivity contribution in [2.75, 3.05) is 33.2 Å². The summed E-state index contributed by atoms with van der Waals surface area (Å²) < 4.78 is 48.3. The van der Waals surface area contributed by atoms with Crippen LogP contribution in [0.3, 0.4) is 0 Å². The lowest BCUT2D eigenvalue weighted by Gasteiger charge is -2.16. The number of nitriles is 1. The van der Waals surface area contributed by atoms with Crippen molar-refractivity contribution < 1.29 is 32.9 Å². The first kappa shape index (κ1) is 45.8. The summed E-state index contributed by atoms with van der Waals surface area (Å²) in [6, 6.07) is 14.3. The summed E-state index contributed by atoms with van der Waals surface area (Å²) in [5, 5.41) is 17.4. The molecular formula is C41H63FN6O6Si3. The number of amides is 1. The largest absolute Gasteiger partial charge is 0.464 e. The Bertz CT molecular complexity index is 1980. The van der Waals surface area contributed by atoms with Gasteiger partial charge in [0.15, 0.2) is 24.2 Å². The number of aromatic nitrogens is 4. The molecule has 0 saturated heterocycles. The minimum absolute atomic E-state index is 0.00114. The van der Waals surface area contributed by atoms with Crippen LogP contribution in [0.5, 0.6) is 5.75 Å². The fraction of sp³-hybridized carbons (Fsp3) is 0.561. The van der Waals surface area contributed by atoms with Gasteiger partial charge < -0.3 is 33.6 Å². The maximum Gasteiger partial charge on any atom is 0.407 e. The standard InChI is InChI=1S/C41H63FN6O6Si3/c1-11-31-24-38(54-30-52-19-22-57(8,9)10)36(42)25-35(31)32-13-14-34-37(23-32)48(29-51-18-21-56(5,6)7)46-39(34)40-45-33(26-44-41(49)53-16-12-15-43)27-47(40)28-50-17-20-55(2,3)4/h13-14,23-25,27H,11-12,16-22,26,28-30H2,1-10H3,(H,44,49). The van der Waals surface area contributed by atoms with Crippen LogP contribution in [0.15, 0.2) is 36.5 Å². The minimum Gasteiger partial charge on any atom is -0.464 e. The molecule has 0 atom stereocenters. The maximum absolute atomic E-state index is 15.6. The molecule has 0 unspecified atom stereocenters. The molecule has 16 heteroatoms. The van der Waals surface area contributed by atoms with E-state index in [1.807, 2.05) is 46.6 Å². The van der Waals surface area contributed by atoms with E-state index in [1.54, 1.807) is 12.1 Å². The highest BCUT2D eigenvalue weighted by atomic mass is 28.3. The number of nitrogens with one attached hydrogen (secondary N) is 1. The van der Waals surface area contributed by atoms with E-state index in [2.05, 4.69) is 64.2 Å². The second-order valence-electron chi connectivity index (χ2n) is 18.0. The van der Waals surface area contributed by atoms with E-state index in [9.17, 15) is 4.79 Å². The quantitative estimate of drug-likeness (QED) is 0.0440. The number of carbonyl (C=O) groups excluding carboxylic acids is 1. The number of imidazole rings is 1. The van der Waals surface area contributed by atoms with Crippen molar-refractivity contribution in [1.82, 2.24) is 24.6 Å². The molecule has 4 rings (SSSR count). The zero-order valence-electron chi connectivity index (χ0n) is 35.7. The van der Waals surface area contributed by atoms with Gasteiger partial charge in [-0.2, -0.15) is 10.4 Å². The van der Waals surface area contributed by atoms with Gasteiger partial charge in [0, 0.05) is 55.6 Å². The molecule has 0 saturated carbocycles. The Hall–Kier alpha value is -3.86. The molecule has 57 heavy (non-hydrogen) atoms. The lowest BCUT2D eigenvalue weighted by Crippen LogP contribution is -2.24. The van der Waals surface area contributed by atoms with Gasteiger partial charge in [-0.05, 0) is 65.5 Å². The number of alkyl carbamates (subject to hydrolysis) is 1. The van der Waals surface area contributed by atoms with Crippen LogP contribution >= 0.6 is 0 Å². The predicted octanol–water partition coefficient (Wildman–Crippen LogP) is 9.72. The normalized spacial score (nSPS) is 12.2. The van der Waals surface area contributed by atoms with E-state index < -0.39 is 36.1 Å². The fourth-order valence-corrected chi connectivity index (χ4v) is 8.00. The van der Waals surface area contributed by atoms with Crippen LogP contribution in [-0.4, -0.2) is 82.9 Å². The zero-order valence-corrected chi connectivity index (χ0v) is 38.7. The van der Waals surface area contributed by atoms with Gasteiger partial charge in [-0.3, -0.25) is 0 Å². The fourth-order valence-electron chi connectivity index (χ4n) is 5.73. The number of rotatable bonds is 23. The van der Waals surface area contributed by atoms with Crippen molar-refractivity contribution in [3.05, 3.63) is 53.6 Å². The van der Waals surface area contributed by atoms with Gasteiger partial charge >= 0.3 is 6.09 Å². The molecule has 0 spiro atoms. The molecule has 2 aromatic carbocycles. The van der Waals surface area contributed by atoms with Crippen molar-refractivity contribution in [2.24, 2.45) is 0 Å². The third kappa shape index (κ3) is 14.8. The van der Waals surface area contributed by atoms with E-state index in [1.165, 1.54) is 0 Å². The lowest BCUT2D eigenvalue weighted by molar-refractivity contribution is 0.0197. The molecule has 2 heterocycles. The summed E-state index contributed by atoms with van der Waals surface area (Å²) in [5.74, 6) is 0.295. The second-order valence-corrected chi connectivity index (χ2v) is 34.8. The van der Waals surface area contributed by atoms with Gasteiger partial charge in [-0.25, -0.2) is 18.9 Å². The summed E-state index contributed by atoms with van der Waals surface area (Å²) >= 11 is 0. The molecule has 1 amide bonds. The first-order valence-electron chi connectivity index (χ1n) is 19.9. The maximum atomic E-state index is 15.6. The Morgan fingerprint density at radius 3 is 2.16 bits per heavy atom. The van der Waals surface area contributed by atoms with Gasteiger partial charge in [-0.1, -0.05) is 71.9 Å². The third-order valence-corrected chi connectivity index (χ3v) is 14.3. The summed E-state index contributed by atoms with van der Waals surface area (Å²) in [4.78, 5) is 17.2. The summed E-state index contributed by atoms with van der Waals surface area (Å²) in [6.45, 7) is 25.2. The highest BCUT2D eigenvalue weighted by molar-refractivity contribution is 6.76. The highest BCUT2D eigenvalue weighted by Crippen LogP contribution is 2.35. The Labute approximate surface area is 341 Å². The van der Waals surface area contributed by atoms with Crippen LogP contribution in [0.4, 0.5) is 9.18 Å². The van der Waals surface area contributed by atoms with E-state index in [-0.39, 0.29) is 45.6 Å². The molecule has 312 valence electrons. The SMILES string of the molecule is CCc1cc(OCOCC[Si](C)(C)C)c(F)cc1-c1ccc2c(-c3nc(CNC(=O)OCCC#N)cn3COCC[Si](C)(C)C)nn(COCC[Si](C)(C)C)c2c1. The van der Waals surface area contributed by atoms with Crippen molar-refractivity contribution in [2.45, 2.75) is 117 Å². The smallest absolute Gasteiger partial charge is 0.407 e. The van der Waals surface area contributed by atoms with Gasteiger partial charge in [0.2, 0.25) is 0 Å². The molecule has 0 aliphatic heterocycles. The summed E-state index contributed by atoms with van der Waals surface area (Å²) in [5.41, 5.74) is 4.58. The first-order valence-corrected chi connectivity index (χ1v) is 31.0. The number of nitrogens with zero attached hydrogens (tertiary/aromatic N) is 5. The van der Waals surface area contributed by atoms with E-state index >= 15 is 4.39 Å². The predicted molar refractivity (Wildman–Crippen MR) is 232 cm³/mol. The number of hydrogen-bond acceptors (Lipinski definition) is 9. The van der Waals surface area contributed by atoms with E-state index in [0.717, 1.165) is 45.7 Å². The van der Waals surface area contributed by atoms with Crippen LogP contribution in [0.2, 0.25) is 77.1 Å². The number of hydrogen-bond donors (Lipinski definition) is 1. The molecular weight excluding hydrogens is 776 g/mol. The van der Waals surface area contributed by atoms with Gasteiger partial charge in [-0.15, -0.1) is 0 Å². The molecule has 0 radical (unpaired) electrons. The molecule has 0 aliphatic carbocycles. The van der Waals surface area contributed by atoms with E-state index in [4.69, 9.17) is 39.0 Å². The summed E-state index contributed by atoms with van der Waals surface area (Å²) in [7, 11) is -3.90. The van der Waals surface area contributed by atoms with Crippen LogP contribution < -0.4 is 10.1 Å². The zero-order chi connectivity index (χ0) is 41.8. The topological polar surface area (TPSA) is 135 Å². The van der Waals surface area contributed by atoms with Crippen molar-refractivity contribution in [3.8, 4) is 34.5 Å². The van der Waals surface area contributed by atoms with Gasteiger partial charge in [0.05, 0.1) is 30.2 Å². The number of halogens is 1. The molecule has 0 aliphatic rings. The minimum atomic E-state index is -1.33. The molecule has 0 bridgehead atoms. The van der Waals surface area contributed by atoms with Crippen LogP contribution in [0.25, 0.3) is 33.5 Å². The molecule has 4 aromatic rings. The first-order chi connectivity index (χ1) is 26.9. The monoisotopic (exact) mass is 838 g/mol. The number of carbonyl (C=O) groups is 1. The Morgan fingerprint density at radius 2 is 1.53 bits per heavy atom. The molecule has 1 N–H and O–H groups in total. The van der Waals surface area contributed by atoms with E-state index in [0.29, 0.717) is 43.5 Å². The van der Waals surface area contributed by atoms with Crippen LogP contribution in [0, 0.1) is 17.1 Å². The molecule has 2 aromatic heterocycles. The average Bonchev–Trinajstić information content (AvgIpc) is 3.70. The number of fused-ring (bicyclic) bond motifs is 1. The number of benzene rings is 2.